The van der Waals surface area contributed by atoms with Gasteiger partial charge in [-0.1, -0.05) is 42.5 Å². The summed E-state index contributed by atoms with van der Waals surface area (Å²) in [6, 6.07) is 11.9. The number of anilines is 1. The van der Waals surface area contributed by atoms with E-state index in [1.54, 1.807) is 6.07 Å². The number of nitrogens with zero attached hydrogens (tertiary/aromatic N) is 1. The van der Waals surface area contributed by atoms with E-state index in [1.165, 1.54) is 4.90 Å². The van der Waals surface area contributed by atoms with Gasteiger partial charge in [0.05, 0.1) is 12.1 Å². The molecule has 33 heavy (non-hydrogen) atoms. The van der Waals surface area contributed by atoms with Crippen molar-refractivity contribution in [1.82, 2.24) is 10.2 Å². The number of benzene rings is 2. The largest absolute Gasteiger partial charge is 0.480 e. The molecule has 0 bridgehead atoms. The number of carboxylic acids is 2. The molecule has 8 heteroatoms. The second-order valence-corrected chi connectivity index (χ2v) is 8.80. The Morgan fingerprint density at radius 1 is 1.09 bits per heavy atom. The molecule has 8 nitrogen and oxygen atoms in total. The third-order valence-corrected chi connectivity index (χ3v) is 6.75. The van der Waals surface area contributed by atoms with Crippen molar-refractivity contribution < 1.29 is 24.6 Å². The maximum atomic E-state index is 13.7. The van der Waals surface area contributed by atoms with E-state index >= 15 is 0 Å². The number of carbonyl (C=O) groups is 3. The molecular formula is C25H29N3O5. The second kappa shape index (κ2) is 9.62. The first kappa shape index (κ1) is 22.8. The molecule has 2 aromatic carbocycles. The summed E-state index contributed by atoms with van der Waals surface area (Å²) in [5, 5.41) is 22.7. The van der Waals surface area contributed by atoms with Gasteiger partial charge in [-0.2, -0.15) is 0 Å². The van der Waals surface area contributed by atoms with Crippen LogP contribution in [0.2, 0.25) is 0 Å². The number of aryl methyl sites for hydroxylation is 1. The number of fused-ring (bicyclic) bond motifs is 3. The fraction of sp³-hybridized carbons (Fsp3) is 0.400. The van der Waals surface area contributed by atoms with E-state index in [0.29, 0.717) is 37.8 Å². The Morgan fingerprint density at radius 3 is 2.55 bits per heavy atom. The van der Waals surface area contributed by atoms with E-state index in [0.717, 1.165) is 16.7 Å². The van der Waals surface area contributed by atoms with Crippen LogP contribution in [0.15, 0.2) is 48.5 Å². The van der Waals surface area contributed by atoms with E-state index < -0.39 is 30.1 Å². The lowest BCUT2D eigenvalue weighted by atomic mass is 9.88. The van der Waals surface area contributed by atoms with Gasteiger partial charge < -0.3 is 20.8 Å². The number of hydrogen-bond acceptors (Lipinski definition) is 5. The zero-order valence-corrected chi connectivity index (χ0v) is 18.3. The first-order valence-corrected chi connectivity index (χ1v) is 11.3. The Morgan fingerprint density at radius 2 is 1.85 bits per heavy atom. The highest BCUT2D eigenvalue weighted by Gasteiger charge is 2.45. The molecule has 1 amide bonds. The monoisotopic (exact) mass is 451 g/mol. The highest BCUT2D eigenvalue weighted by Crippen LogP contribution is 2.40. The first-order chi connectivity index (χ1) is 15.9. The number of nitrogen functional groups attached to an aromatic ring is 1. The zero-order valence-electron chi connectivity index (χ0n) is 18.3. The predicted molar refractivity (Wildman–Crippen MR) is 123 cm³/mol. The van der Waals surface area contributed by atoms with Gasteiger partial charge in [0, 0.05) is 5.69 Å². The van der Waals surface area contributed by atoms with Crippen LogP contribution >= 0.6 is 0 Å². The first-order valence-electron chi connectivity index (χ1n) is 11.3. The fourth-order valence-corrected chi connectivity index (χ4v) is 5.10. The highest BCUT2D eigenvalue weighted by atomic mass is 16.4. The second-order valence-electron chi connectivity index (χ2n) is 8.80. The van der Waals surface area contributed by atoms with E-state index in [-0.39, 0.29) is 18.4 Å². The number of aliphatic carboxylic acids is 2. The minimum Gasteiger partial charge on any atom is -0.480 e. The summed E-state index contributed by atoms with van der Waals surface area (Å²) < 4.78 is 0. The number of piperidine rings is 1. The van der Waals surface area contributed by atoms with Crippen LogP contribution in [-0.4, -0.2) is 51.1 Å². The van der Waals surface area contributed by atoms with Crippen LogP contribution in [0, 0.1) is 0 Å². The van der Waals surface area contributed by atoms with Gasteiger partial charge in [0.1, 0.15) is 12.1 Å². The molecule has 2 aliphatic rings. The van der Waals surface area contributed by atoms with Gasteiger partial charge in [-0.15, -0.1) is 0 Å². The van der Waals surface area contributed by atoms with Crippen molar-refractivity contribution >= 4 is 23.5 Å². The van der Waals surface area contributed by atoms with Crippen molar-refractivity contribution in [2.75, 3.05) is 5.73 Å². The molecule has 5 N–H and O–H groups in total. The Labute approximate surface area is 192 Å². The number of nitrogens with one attached hydrogen (secondary N) is 1. The molecule has 0 spiro atoms. The van der Waals surface area contributed by atoms with E-state index in [9.17, 15) is 24.6 Å². The van der Waals surface area contributed by atoms with Crippen LogP contribution in [-0.2, 0) is 27.2 Å². The van der Waals surface area contributed by atoms with Crippen LogP contribution in [0.1, 0.15) is 48.4 Å². The smallest absolute Gasteiger partial charge is 0.326 e. The Balaban J connectivity index is 1.65. The molecule has 1 saturated heterocycles. The minimum atomic E-state index is -1.05. The predicted octanol–water partition coefficient (Wildman–Crippen LogP) is 2.38. The summed E-state index contributed by atoms with van der Waals surface area (Å²) in [5.41, 5.74) is 9.45. The summed E-state index contributed by atoms with van der Waals surface area (Å²) in [6.45, 7) is 0. The third kappa shape index (κ3) is 4.71. The van der Waals surface area contributed by atoms with E-state index in [4.69, 9.17) is 5.73 Å². The molecule has 4 atom stereocenters. The number of amides is 1. The number of nitrogens with two attached hydrogens (primary N) is 1. The molecule has 2 heterocycles. The average Bonchev–Trinajstić information content (AvgIpc) is 2.92. The van der Waals surface area contributed by atoms with E-state index in [1.807, 2.05) is 42.5 Å². The van der Waals surface area contributed by atoms with Crippen molar-refractivity contribution in [2.24, 2.45) is 0 Å². The molecule has 0 unspecified atom stereocenters. The molecule has 0 aromatic heterocycles. The van der Waals surface area contributed by atoms with E-state index in [2.05, 4.69) is 5.32 Å². The number of rotatable bonds is 7. The normalized spacial score (nSPS) is 23.2. The van der Waals surface area contributed by atoms with Crippen molar-refractivity contribution in [2.45, 2.75) is 62.7 Å². The summed E-state index contributed by atoms with van der Waals surface area (Å²) in [5.74, 6) is -2.47. The lowest BCUT2D eigenvalue weighted by Gasteiger charge is -2.41. The zero-order chi connectivity index (χ0) is 23.5. The van der Waals surface area contributed by atoms with Gasteiger partial charge in [-0.3, -0.25) is 14.9 Å². The lowest BCUT2D eigenvalue weighted by molar-refractivity contribution is -0.156. The van der Waals surface area contributed by atoms with Crippen LogP contribution in [0.25, 0.3) is 0 Å². The van der Waals surface area contributed by atoms with Gasteiger partial charge in [-0.05, 0) is 61.3 Å². The van der Waals surface area contributed by atoms with Crippen LogP contribution < -0.4 is 11.1 Å². The third-order valence-electron chi connectivity index (χ3n) is 6.75. The van der Waals surface area contributed by atoms with Crippen molar-refractivity contribution in [1.29, 1.82) is 0 Å². The summed E-state index contributed by atoms with van der Waals surface area (Å²) in [6.07, 6.45) is 2.76. The van der Waals surface area contributed by atoms with Crippen LogP contribution in [0.4, 0.5) is 5.69 Å². The molecule has 4 rings (SSSR count). The number of carbonyl (C=O) groups excluding carboxylic acids is 1. The van der Waals surface area contributed by atoms with Gasteiger partial charge in [0.2, 0.25) is 5.91 Å². The van der Waals surface area contributed by atoms with Crippen LogP contribution in [0.3, 0.4) is 0 Å². The maximum Gasteiger partial charge on any atom is 0.326 e. The molecule has 2 aromatic rings. The van der Waals surface area contributed by atoms with Gasteiger partial charge in [-0.25, -0.2) is 4.79 Å². The molecule has 1 fully saturated rings. The summed E-state index contributed by atoms with van der Waals surface area (Å²) >= 11 is 0. The summed E-state index contributed by atoms with van der Waals surface area (Å²) in [4.78, 5) is 39.2. The van der Waals surface area contributed by atoms with Crippen molar-refractivity contribution in [3.63, 3.8) is 0 Å². The highest BCUT2D eigenvalue weighted by molar-refractivity contribution is 5.89. The molecule has 0 radical (unpaired) electrons. The Kier molecular flexibility index (Phi) is 6.65. The van der Waals surface area contributed by atoms with Gasteiger partial charge >= 0.3 is 11.9 Å². The molecule has 0 saturated carbocycles. The maximum absolute atomic E-state index is 13.7. The van der Waals surface area contributed by atoms with Crippen molar-refractivity contribution in [3.8, 4) is 0 Å². The molecular weight excluding hydrogens is 422 g/mol. The fourth-order valence-electron chi connectivity index (χ4n) is 5.10. The SMILES string of the molecule is Nc1cccc2c1C[C@H](N[C@@H](CCc1ccccc1)C(=O)O)C(=O)N1[C@@H]2CCC[C@H]1C(=O)O. The van der Waals surface area contributed by atoms with Crippen LogP contribution in [0.5, 0.6) is 0 Å². The minimum absolute atomic E-state index is 0.218. The molecule has 174 valence electrons. The van der Waals surface area contributed by atoms with Gasteiger partial charge in [0.25, 0.3) is 0 Å². The Hall–Kier alpha value is -3.39. The number of hydrogen-bond donors (Lipinski definition) is 4. The lowest BCUT2D eigenvalue weighted by Crippen LogP contribution is -2.57. The average molecular weight is 452 g/mol. The standard InChI is InChI=1S/C25H29N3O5/c26-18-9-4-8-16-17(18)14-20(23(29)28-21(16)10-5-11-22(28)25(32)33)27-19(24(30)31)13-12-15-6-2-1-3-7-15/h1-4,6-9,19-22,27H,5,10-14,26H2,(H,30,31)(H,32,33)/t19-,20-,21+,22-/m0/s1. The molecule has 0 aliphatic carbocycles. The van der Waals surface area contributed by atoms with Gasteiger partial charge in [0.15, 0.2) is 0 Å². The molecule has 2 aliphatic heterocycles. The Bertz CT molecular complexity index is 1040. The van der Waals surface area contributed by atoms with Crippen molar-refractivity contribution in [3.05, 3.63) is 65.2 Å². The number of carboxylic acid groups (broad SMARTS) is 2. The quantitative estimate of drug-likeness (QED) is 0.475. The summed E-state index contributed by atoms with van der Waals surface area (Å²) in [7, 11) is 0. The topological polar surface area (TPSA) is 133 Å².